The van der Waals surface area contributed by atoms with Crippen LogP contribution in [0.1, 0.15) is 44.1 Å². The molecule has 4 nitrogen and oxygen atoms in total. The molecule has 2 rings (SSSR count). The van der Waals surface area contributed by atoms with Gasteiger partial charge >= 0.3 is 5.97 Å². The zero-order chi connectivity index (χ0) is 13.5. The van der Waals surface area contributed by atoms with Crippen molar-refractivity contribution in [3.8, 4) is 0 Å². The van der Waals surface area contributed by atoms with E-state index in [1.807, 2.05) is 18.3 Å². The van der Waals surface area contributed by atoms with Crippen molar-refractivity contribution in [3.63, 3.8) is 0 Å². The summed E-state index contributed by atoms with van der Waals surface area (Å²) in [5, 5.41) is 9.11. The quantitative estimate of drug-likeness (QED) is 0.829. The first-order valence-corrected chi connectivity index (χ1v) is 7.10. The molecule has 0 radical (unpaired) electrons. The van der Waals surface area contributed by atoms with Gasteiger partial charge in [0.2, 0.25) is 0 Å². The maximum absolute atomic E-state index is 11.1. The van der Waals surface area contributed by atoms with Crippen LogP contribution in [-0.4, -0.2) is 33.5 Å². The van der Waals surface area contributed by atoms with Crippen LogP contribution >= 0.6 is 0 Å². The van der Waals surface area contributed by atoms with E-state index in [0.717, 1.165) is 18.4 Å². The van der Waals surface area contributed by atoms with Crippen molar-refractivity contribution in [3.05, 3.63) is 30.1 Å². The third kappa shape index (κ3) is 4.63. The predicted octanol–water partition coefficient (Wildman–Crippen LogP) is 2.69. The average Bonchev–Trinajstić information content (AvgIpc) is 2.67. The molecule has 19 heavy (non-hydrogen) atoms. The molecule has 0 aliphatic heterocycles. The molecule has 1 heterocycles. The van der Waals surface area contributed by atoms with Crippen LogP contribution in [0.2, 0.25) is 0 Å². The van der Waals surface area contributed by atoms with Gasteiger partial charge in [0, 0.05) is 25.0 Å². The van der Waals surface area contributed by atoms with Crippen LogP contribution in [0.4, 0.5) is 0 Å². The van der Waals surface area contributed by atoms with Crippen molar-refractivity contribution in [2.24, 2.45) is 0 Å². The topological polar surface area (TPSA) is 53.4 Å². The average molecular weight is 262 g/mol. The Kier molecular flexibility index (Phi) is 5.33. The molecule has 1 aromatic heterocycles. The van der Waals surface area contributed by atoms with E-state index >= 15 is 0 Å². The van der Waals surface area contributed by atoms with Crippen LogP contribution in [0, 0.1) is 0 Å². The Balaban J connectivity index is 2.03. The number of nitrogens with zero attached hydrogens (tertiary/aromatic N) is 2. The lowest BCUT2D eigenvalue weighted by Crippen LogP contribution is -2.38. The minimum absolute atomic E-state index is 0.125. The molecule has 0 atom stereocenters. The van der Waals surface area contributed by atoms with E-state index in [1.165, 1.54) is 25.7 Å². The van der Waals surface area contributed by atoms with Gasteiger partial charge in [0.15, 0.2) is 0 Å². The smallest absolute Gasteiger partial charge is 0.317 e. The summed E-state index contributed by atoms with van der Waals surface area (Å²) in [4.78, 5) is 17.3. The van der Waals surface area contributed by atoms with Gasteiger partial charge in [0.25, 0.3) is 0 Å². The predicted molar refractivity (Wildman–Crippen MR) is 73.8 cm³/mol. The lowest BCUT2D eigenvalue weighted by molar-refractivity contribution is -0.139. The number of carboxylic acid groups (broad SMARTS) is 1. The summed E-state index contributed by atoms with van der Waals surface area (Å²) in [6.45, 7) is 0.810. The van der Waals surface area contributed by atoms with E-state index in [4.69, 9.17) is 5.11 Å². The van der Waals surface area contributed by atoms with Crippen molar-refractivity contribution in [1.82, 2.24) is 9.88 Å². The fourth-order valence-corrected chi connectivity index (χ4v) is 2.84. The van der Waals surface area contributed by atoms with Gasteiger partial charge in [-0.15, -0.1) is 0 Å². The Morgan fingerprint density at radius 2 is 2.05 bits per heavy atom. The monoisotopic (exact) mass is 262 g/mol. The third-order valence-corrected chi connectivity index (χ3v) is 3.79. The van der Waals surface area contributed by atoms with Crippen molar-refractivity contribution >= 4 is 5.97 Å². The first kappa shape index (κ1) is 14.0. The van der Waals surface area contributed by atoms with Gasteiger partial charge in [0.05, 0.1) is 6.54 Å². The Bertz CT molecular complexity index is 386. The zero-order valence-electron chi connectivity index (χ0n) is 11.3. The molecule has 1 aliphatic carbocycles. The molecule has 0 unspecified atom stereocenters. The maximum atomic E-state index is 11.1. The lowest BCUT2D eigenvalue weighted by Gasteiger charge is -2.29. The van der Waals surface area contributed by atoms with Crippen LogP contribution < -0.4 is 0 Å². The molecule has 1 aliphatic rings. The SMILES string of the molecule is O=C(O)CN(Cc1cccnc1)C1CCCCCC1. The van der Waals surface area contributed by atoms with Crippen LogP contribution in [0.5, 0.6) is 0 Å². The second-order valence-corrected chi connectivity index (χ2v) is 5.31. The summed E-state index contributed by atoms with van der Waals surface area (Å²) < 4.78 is 0. The minimum Gasteiger partial charge on any atom is -0.480 e. The van der Waals surface area contributed by atoms with Gasteiger partial charge in [-0.3, -0.25) is 14.7 Å². The van der Waals surface area contributed by atoms with E-state index in [2.05, 4.69) is 9.88 Å². The molecule has 0 amide bonds. The molecule has 0 saturated heterocycles. The molecular weight excluding hydrogens is 240 g/mol. The summed E-state index contributed by atoms with van der Waals surface area (Å²) in [5.41, 5.74) is 1.09. The van der Waals surface area contributed by atoms with E-state index < -0.39 is 5.97 Å². The van der Waals surface area contributed by atoms with Crippen LogP contribution in [0.3, 0.4) is 0 Å². The van der Waals surface area contributed by atoms with Crippen molar-refractivity contribution in [2.75, 3.05) is 6.54 Å². The lowest BCUT2D eigenvalue weighted by atomic mass is 10.1. The Hall–Kier alpha value is -1.42. The molecular formula is C15H22N2O2. The van der Waals surface area contributed by atoms with E-state index in [0.29, 0.717) is 12.6 Å². The molecule has 0 bridgehead atoms. The second-order valence-electron chi connectivity index (χ2n) is 5.31. The third-order valence-electron chi connectivity index (χ3n) is 3.79. The first-order chi connectivity index (χ1) is 9.25. The Labute approximate surface area is 114 Å². The summed E-state index contributed by atoms with van der Waals surface area (Å²) in [5.74, 6) is -0.742. The summed E-state index contributed by atoms with van der Waals surface area (Å²) in [6.07, 6.45) is 10.8. The van der Waals surface area contributed by atoms with Crippen LogP contribution in [0.25, 0.3) is 0 Å². The standard InChI is InChI=1S/C15H22N2O2/c18-15(19)12-17(11-13-6-5-9-16-10-13)14-7-3-1-2-4-8-14/h5-6,9-10,14H,1-4,7-8,11-12H2,(H,18,19). The number of hydrogen-bond acceptors (Lipinski definition) is 3. The van der Waals surface area contributed by atoms with E-state index in [-0.39, 0.29) is 6.54 Å². The molecule has 4 heteroatoms. The molecule has 1 saturated carbocycles. The highest BCUT2D eigenvalue weighted by Crippen LogP contribution is 2.23. The highest BCUT2D eigenvalue weighted by atomic mass is 16.4. The maximum Gasteiger partial charge on any atom is 0.317 e. The number of aromatic nitrogens is 1. The highest BCUT2D eigenvalue weighted by molar-refractivity contribution is 5.69. The normalized spacial score (nSPS) is 17.3. The fraction of sp³-hybridized carbons (Fsp3) is 0.600. The summed E-state index contributed by atoms with van der Waals surface area (Å²) >= 11 is 0. The number of rotatable bonds is 5. The van der Waals surface area contributed by atoms with Gasteiger partial charge in [-0.1, -0.05) is 31.7 Å². The highest BCUT2D eigenvalue weighted by Gasteiger charge is 2.22. The van der Waals surface area contributed by atoms with Gasteiger partial charge < -0.3 is 5.11 Å². The molecule has 1 aromatic rings. The van der Waals surface area contributed by atoms with Crippen LogP contribution in [0.15, 0.2) is 24.5 Å². The largest absolute Gasteiger partial charge is 0.480 e. The van der Waals surface area contributed by atoms with Gasteiger partial charge in [0.1, 0.15) is 0 Å². The number of hydrogen-bond donors (Lipinski definition) is 1. The van der Waals surface area contributed by atoms with E-state index in [9.17, 15) is 4.79 Å². The second kappa shape index (κ2) is 7.24. The molecule has 104 valence electrons. The zero-order valence-corrected chi connectivity index (χ0v) is 11.3. The first-order valence-electron chi connectivity index (χ1n) is 7.10. The van der Waals surface area contributed by atoms with Crippen molar-refractivity contribution < 1.29 is 9.90 Å². The molecule has 1 fully saturated rings. The Morgan fingerprint density at radius 1 is 1.32 bits per heavy atom. The fourth-order valence-electron chi connectivity index (χ4n) is 2.84. The van der Waals surface area contributed by atoms with Gasteiger partial charge in [-0.2, -0.15) is 0 Å². The molecule has 1 N–H and O–H groups in total. The summed E-state index contributed by atoms with van der Waals surface area (Å²) in [6, 6.07) is 4.32. The van der Waals surface area contributed by atoms with Gasteiger partial charge in [-0.05, 0) is 24.5 Å². The van der Waals surface area contributed by atoms with E-state index in [1.54, 1.807) is 6.20 Å². The van der Waals surface area contributed by atoms with Crippen molar-refractivity contribution in [1.29, 1.82) is 0 Å². The Morgan fingerprint density at radius 3 is 2.63 bits per heavy atom. The number of aliphatic carboxylic acids is 1. The number of carboxylic acids is 1. The molecule has 0 spiro atoms. The van der Waals surface area contributed by atoms with Gasteiger partial charge in [-0.25, -0.2) is 0 Å². The number of pyridine rings is 1. The van der Waals surface area contributed by atoms with Crippen LogP contribution in [-0.2, 0) is 11.3 Å². The minimum atomic E-state index is -0.742. The number of carbonyl (C=O) groups is 1. The summed E-state index contributed by atoms with van der Waals surface area (Å²) in [7, 11) is 0. The molecule has 0 aromatic carbocycles. The van der Waals surface area contributed by atoms with Crippen molar-refractivity contribution in [2.45, 2.75) is 51.1 Å².